The van der Waals surface area contributed by atoms with Gasteiger partial charge >= 0.3 is 0 Å². The van der Waals surface area contributed by atoms with Gasteiger partial charge in [-0.1, -0.05) is 17.7 Å². The van der Waals surface area contributed by atoms with Crippen LogP contribution >= 0.6 is 11.6 Å². The molecule has 20 heavy (non-hydrogen) atoms. The summed E-state index contributed by atoms with van der Waals surface area (Å²) in [6.07, 6.45) is 0. The van der Waals surface area contributed by atoms with Crippen molar-refractivity contribution >= 4 is 17.3 Å². The molecular weight excluding hydrogens is 289 g/mol. The van der Waals surface area contributed by atoms with Crippen molar-refractivity contribution in [2.24, 2.45) is 0 Å². The van der Waals surface area contributed by atoms with E-state index in [1.54, 1.807) is 6.07 Å². The van der Waals surface area contributed by atoms with Crippen LogP contribution in [0.4, 0.5) is 18.9 Å². The second-order valence-electron chi connectivity index (χ2n) is 3.98. The van der Waals surface area contributed by atoms with Crippen LogP contribution in [0.25, 0.3) is 0 Å². The Morgan fingerprint density at radius 2 is 1.75 bits per heavy atom. The SMILES string of the molecule is N#Cc1cc(F)c(CNc2c(F)cccc2Cl)c(F)c1. The third-order valence-electron chi connectivity index (χ3n) is 2.67. The fraction of sp³-hybridized carbons (Fsp3) is 0.0714. The maximum Gasteiger partial charge on any atom is 0.147 e. The molecule has 0 aliphatic heterocycles. The van der Waals surface area contributed by atoms with Gasteiger partial charge in [-0.2, -0.15) is 5.26 Å². The zero-order valence-electron chi connectivity index (χ0n) is 10.1. The highest BCUT2D eigenvalue weighted by Gasteiger charge is 2.13. The molecule has 6 heteroatoms. The first kappa shape index (κ1) is 14.2. The van der Waals surface area contributed by atoms with Crippen LogP contribution in [0.3, 0.4) is 0 Å². The molecule has 0 aromatic heterocycles. The van der Waals surface area contributed by atoms with Crippen LogP contribution in [-0.2, 0) is 6.54 Å². The summed E-state index contributed by atoms with van der Waals surface area (Å²) in [4.78, 5) is 0. The average molecular weight is 297 g/mol. The van der Waals surface area contributed by atoms with Gasteiger partial charge in [-0.05, 0) is 24.3 Å². The largest absolute Gasteiger partial charge is 0.377 e. The zero-order valence-corrected chi connectivity index (χ0v) is 10.8. The maximum absolute atomic E-state index is 13.6. The van der Waals surface area contributed by atoms with E-state index in [2.05, 4.69) is 5.32 Å². The summed E-state index contributed by atoms with van der Waals surface area (Å²) >= 11 is 5.79. The Bertz CT molecular complexity index is 652. The first-order valence-corrected chi connectivity index (χ1v) is 5.96. The Morgan fingerprint density at radius 3 is 2.30 bits per heavy atom. The first-order valence-electron chi connectivity index (χ1n) is 5.59. The van der Waals surface area contributed by atoms with E-state index in [0.717, 1.165) is 12.1 Å². The number of halogens is 4. The Morgan fingerprint density at radius 1 is 1.10 bits per heavy atom. The molecule has 0 aliphatic rings. The van der Waals surface area contributed by atoms with Crippen LogP contribution < -0.4 is 5.32 Å². The third-order valence-corrected chi connectivity index (χ3v) is 2.99. The molecule has 2 nitrogen and oxygen atoms in total. The van der Waals surface area contributed by atoms with Crippen molar-refractivity contribution in [2.45, 2.75) is 6.54 Å². The van der Waals surface area contributed by atoms with Crippen molar-refractivity contribution < 1.29 is 13.2 Å². The molecule has 0 fully saturated rings. The van der Waals surface area contributed by atoms with E-state index in [4.69, 9.17) is 16.9 Å². The molecule has 0 spiro atoms. The smallest absolute Gasteiger partial charge is 0.147 e. The van der Waals surface area contributed by atoms with Crippen LogP contribution in [0.2, 0.25) is 5.02 Å². The van der Waals surface area contributed by atoms with Crippen molar-refractivity contribution in [2.75, 3.05) is 5.32 Å². The third kappa shape index (κ3) is 2.86. The predicted molar refractivity (Wildman–Crippen MR) is 69.8 cm³/mol. The number of benzene rings is 2. The number of hydrogen-bond acceptors (Lipinski definition) is 2. The van der Waals surface area contributed by atoms with Crippen molar-refractivity contribution in [3.05, 3.63) is 63.9 Å². The average Bonchev–Trinajstić information content (AvgIpc) is 2.40. The Hall–Kier alpha value is -2.19. The molecule has 0 unspecified atom stereocenters. The summed E-state index contributed by atoms with van der Waals surface area (Å²) in [6, 6.07) is 7.55. The molecule has 0 saturated carbocycles. The Labute approximate surface area is 118 Å². The van der Waals surface area contributed by atoms with Gasteiger partial charge in [0.15, 0.2) is 0 Å². The number of nitriles is 1. The highest BCUT2D eigenvalue weighted by Crippen LogP contribution is 2.26. The van der Waals surface area contributed by atoms with E-state index >= 15 is 0 Å². The van der Waals surface area contributed by atoms with Crippen LogP contribution in [0.1, 0.15) is 11.1 Å². The first-order chi connectivity index (χ1) is 9.52. The standard InChI is InChI=1S/C14H8ClF3N2/c15-10-2-1-3-11(16)14(10)20-7-9-12(17)4-8(6-19)5-13(9)18/h1-5,20H,7H2. The minimum Gasteiger partial charge on any atom is -0.377 e. The molecule has 102 valence electrons. The van der Waals surface area contributed by atoms with E-state index in [1.165, 1.54) is 18.2 Å². The molecule has 0 atom stereocenters. The summed E-state index contributed by atoms with van der Waals surface area (Å²) in [5, 5.41) is 11.2. The van der Waals surface area contributed by atoms with Gasteiger partial charge in [0, 0.05) is 12.1 Å². The van der Waals surface area contributed by atoms with Crippen LogP contribution in [-0.4, -0.2) is 0 Å². The molecule has 0 aliphatic carbocycles. The number of nitrogens with one attached hydrogen (secondary N) is 1. The van der Waals surface area contributed by atoms with E-state index in [-0.39, 0.29) is 28.4 Å². The van der Waals surface area contributed by atoms with Gasteiger partial charge in [0.05, 0.1) is 22.3 Å². The second kappa shape index (κ2) is 5.85. The summed E-state index contributed by atoms with van der Waals surface area (Å²) in [7, 11) is 0. The van der Waals surface area contributed by atoms with Gasteiger partial charge in [0.2, 0.25) is 0 Å². The lowest BCUT2D eigenvalue weighted by atomic mass is 10.1. The topological polar surface area (TPSA) is 35.8 Å². The van der Waals surface area contributed by atoms with Gasteiger partial charge < -0.3 is 5.32 Å². The van der Waals surface area contributed by atoms with Gasteiger partial charge in [-0.15, -0.1) is 0 Å². The van der Waals surface area contributed by atoms with Gasteiger partial charge in [0.1, 0.15) is 17.5 Å². The maximum atomic E-state index is 13.6. The van der Waals surface area contributed by atoms with E-state index in [9.17, 15) is 13.2 Å². The molecule has 2 rings (SSSR count). The minimum atomic E-state index is -0.874. The monoisotopic (exact) mass is 296 g/mol. The van der Waals surface area contributed by atoms with Crippen molar-refractivity contribution in [3.8, 4) is 6.07 Å². The number of anilines is 1. The number of rotatable bonds is 3. The quantitative estimate of drug-likeness (QED) is 0.919. The number of para-hydroxylation sites is 1. The lowest BCUT2D eigenvalue weighted by molar-refractivity contribution is 0.558. The highest BCUT2D eigenvalue weighted by molar-refractivity contribution is 6.33. The number of nitrogens with zero attached hydrogens (tertiary/aromatic N) is 1. The van der Waals surface area contributed by atoms with Crippen LogP contribution in [0.5, 0.6) is 0 Å². The van der Waals surface area contributed by atoms with Crippen LogP contribution in [0.15, 0.2) is 30.3 Å². The van der Waals surface area contributed by atoms with E-state index in [0.29, 0.717) is 0 Å². The van der Waals surface area contributed by atoms with Crippen LogP contribution in [0, 0.1) is 28.8 Å². The molecule has 0 amide bonds. The van der Waals surface area contributed by atoms with Crippen molar-refractivity contribution in [3.63, 3.8) is 0 Å². The van der Waals surface area contributed by atoms with Gasteiger partial charge in [-0.3, -0.25) is 0 Å². The highest BCUT2D eigenvalue weighted by atomic mass is 35.5. The van der Waals surface area contributed by atoms with Crippen molar-refractivity contribution in [1.29, 1.82) is 5.26 Å². The Kier molecular flexibility index (Phi) is 4.16. The summed E-state index contributed by atoms with van der Waals surface area (Å²) < 4.78 is 40.8. The fourth-order valence-corrected chi connectivity index (χ4v) is 1.91. The predicted octanol–water partition coefficient (Wildman–Crippen LogP) is 4.24. The summed E-state index contributed by atoms with van der Waals surface area (Å²) in [5.41, 5.74) is -0.437. The molecule has 2 aromatic carbocycles. The summed E-state index contributed by atoms with van der Waals surface area (Å²) in [5.74, 6) is -2.37. The lowest BCUT2D eigenvalue weighted by Crippen LogP contribution is -2.07. The molecule has 0 heterocycles. The zero-order chi connectivity index (χ0) is 14.7. The molecule has 0 saturated heterocycles. The summed E-state index contributed by atoms with van der Waals surface area (Å²) in [6.45, 7) is -0.288. The minimum absolute atomic E-state index is 0.0303. The molecule has 0 radical (unpaired) electrons. The fourth-order valence-electron chi connectivity index (χ4n) is 1.68. The normalized spacial score (nSPS) is 10.2. The van der Waals surface area contributed by atoms with Gasteiger partial charge in [-0.25, -0.2) is 13.2 Å². The van der Waals surface area contributed by atoms with E-state index < -0.39 is 17.5 Å². The van der Waals surface area contributed by atoms with Gasteiger partial charge in [0.25, 0.3) is 0 Å². The molecule has 1 N–H and O–H groups in total. The molecule has 2 aromatic rings. The van der Waals surface area contributed by atoms with Crippen molar-refractivity contribution in [1.82, 2.24) is 0 Å². The van der Waals surface area contributed by atoms with E-state index in [1.807, 2.05) is 0 Å². The number of hydrogen-bond donors (Lipinski definition) is 1. The lowest BCUT2D eigenvalue weighted by Gasteiger charge is -2.11. The molecule has 0 bridgehead atoms. The molecular formula is C14H8ClF3N2. The second-order valence-corrected chi connectivity index (χ2v) is 4.39. The Balaban J connectivity index is 2.26.